The van der Waals surface area contributed by atoms with Crippen molar-refractivity contribution in [3.05, 3.63) is 66.2 Å². The molecule has 0 fully saturated rings. The summed E-state index contributed by atoms with van der Waals surface area (Å²) in [7, 11) is 2.20. The van der Waals surface area contributed by atoms with Crippen LogP contribution < -0.4 is 28.9 Å². The lowest BCUT2D eigenvalue weighted by molar-refractivity contribution is -0.825. The molecule has 1 N–H and O–H groups in total. The highest BCUT2D eigenvalue weighted by molar-refractivity contribution is 5.28. The molecule has 1 unspecified atom stereocenters. The summed E-state index contributed by atoms with van der Waals surface area (Å²) in [5.41, 5.74) is 2.71. The van der Waals surface area contributed by atoms with Gasteiger partial charge >= 0.3 is 0 Å². The third kappa shape index (κ3) is 3.61. The van der Waals surface area contributed by atoms with E-state index in [2.05, 4.69) is 67.7 Å². The number of para-hydroxylation sites is 1. The van der Waals surface area contributed by atoms with E-state index in [0.717, 1.165) is 6.54 Å². The predicted octanol–water partition coefficient (Wildman–Crippen LogP) is -0.963. The highest BCUT2D eigenvalue weighted by Gasteiger charge is 2.05. The van der Waals surface area contributed by atoms with Crippen LogP contribution in [0.5, 0.6) is 0 Å². The highest BCUT2D eigenvalue weighted by Crippen LogP contribution is 2.01. The predicted molar refractivity (Wildman–Crippen MR) is 63.1 cm³/mol. The van der Waals surface area contributed by atoms with Crippen LogP contribution >= 0.6 is 0 Å². The van der Waals surface area contributed by atoms with Crippen molar-refractivity contribution in [1.29, 1.82) is 0 Å². The van der Waals surface area contributed by atoms with Crippen LogP contribution in [-0.2, 0) is 6.54 Å². The van der Waals surface area contributed by atoms with E-state index in [0.29, 0.717) is 0 Å². The van der Waals surface area contributed by atoms with Gasteiger partial charge in [-0.1, -0.05) is 48.5 Å². The van der Waals surface area contributed by atoms with E-state index in [1.807, 2.05) is 0 Å². The van der Waals surface area contributed by atoms with Crippen molar-refractivity contribution in [1.82, 2.24) is 0 Å². The Bertz CT molecular complexity index is 400. The summed E-state index contributed by atoms with van der Waals surface area (Å²) < 4.78 is 0. The number of hydrogen-bond donors (Lipinski definition) is 1. The number of benzene rings is 2. The molecule has 0 aliphatic carbocycles. The molecule has 0 aliphatic rings. The zero-order chi connectivity index (χ0) is 10.5. The van der Waals surface area contributed by atoms with Crippen LogP contribution in [0, 0.1) is 0 Å². The summed E-state index contributed by atoms with van der Waals surface area (Å²) in [5.74, 6) is 0. The van der Waals surface area contributed by atoms with E-state index in [4.69, 9.17) is 0 Å². The van der Waals surface area contributed by atoms with Crippen LogP contribution in [0.15, 0.2) is 60.7 Å². The normalized spacial score (nSPS) is 11.6. The van der Waals surface area contributed by atoms with E-state index in [1.165, 1.54) is 16.2 Å². The minimum Gasteiger partial charge on any atom is -1.00 e. The van der Waals surface area contributed by atoms with Gasteiger partial charge in [-0.05, 0) is 12.1 Å². The molecule has 0 heterocycles. The molecule has 2 rings (SSSR count). The van der Waals surface area contributed by atoms with Gasteiger partial charge in [0.25, 0.3) is 0 Å². The summed E-state index contributed by atoms with van der Waals surface area (Å²) >= 11 is 0. The van der Waals surface area contributed by atoms with Crippen LogP contribution in [0.3, 0.4) is 0 Å². The van der Waals surface area contributed by atoms with Gasteiger partial charge in [0.15, 0.2) is 0 Å². The molecule has 0 radical (unpaired) electrons. The Kier molecular flexibility index (Phi) is 5.49. The molecule has 0 aromatic heterocycles. The van der Waals surface area contributed by atoms with Gasteiger partial charge in [-0.3, -0.25) is 0 Å². The molecule has 0 aliphatic heterocycles. The van der Waals surface area contributed by atoms with Crippen LogP contribution in [0.4, 0.5) is 5.69 Å². The van der Waals surface area contributed by atoms with Gasteiger partial charge in [-0.2, -0.15) is 0 Å². The van der Waals surface area contributed by atoms with Crippen molar-refractivity contribution in [3.63, 3.8) is 0 Å². The standard InChI is InChI=1S/C14H15N.HI/c1-15(14-10-6-3-7-11-14)12-13-8-4-2-5-9-13;/h2-11H,12H2,1H3;1H. The Morgan fingerprint density at radius 1 is 0.812 bits per heavy atom. The first-order chi connectivity index (χ1) is 7.36. The minimum absolute atomic E-state index is 0. The van der Waals surface area contributed by atoms with Crippen molar-refractivity contribution in [2.24, 2.45) is 0 Å². The lowest BCUT2D eigenvalue weighted by atomic mass is 10.2. The summed E-state index contributed by atoms with van der Waals surface area (Å²) in [5, 5.41) is 0. The topological polar surface area (TPSA) is 4.44 Å². The Hall–Kier alpha value is -0.870. The Morgan fingerprint density at radius 2 is 1.31 bits per heavy atom. The van der Waals surface area contributed by atoms with Gasteiger partial charge in [0.05, 0.1) is 7.05 Å². The van der Waals surface area contributed by atoms with E-state index in [-0.39, 0.29) is 24.0 Å². The fourth-order valence-electron chi connectivity index (χ4n) is 1.73. The van der Waals surface area contributed by atoms with Crippen molar-refractivity contribution in [2.75, 3.05) is 7.05 Å². The molecule has 1 atom stereocenters. The van der Waals surface area contributed by atoms with Crippen LogP contribution in [0.2, 0.25) is 0 Å². The van der Waals surface area contributed by atoms with Gasteiger partial charge < -0.3 is 28.9 Å². The highest BCUT2D eigenvalue weighted by atomic mass is 127. The van der Waals surface area contributed by atoms with Gasteiger partial charge in [-0.25, -0.2) is 0 Å². The molecule has 2 aromatic carbocycles. The molecular formula is C14H16IN. The first-order valence-electron chi connectivity index (χ1n) is 5.28. The maximum Gasteiger partial charge on any atom is 0.131 e. The minimum atomic E-state index is 0. The molecule has 0 bridgehead atoms. The lowest BCUT2D eigenvalue weighted by Gasteiger charge is -2.13. The fourth-order valence-corrected chi connectivity index (χ4v) is 1.73. The average molecular weight is 325 g/mol. The van der Waals surface area contributed by atoms with Gasteiger partial charge in [-0.15, -0.1) is 0 Å². The second kappa shape index (κ2) is 6.66. The second-order valence-corrected chi connectivity index (χ2v) is 3.81. The van der Waals surface area contributed by atoms with Crippen LogP contribution in [-0.4, -0.2) is 7.05 Å². The van der Waals surface area contributed by atoms with E-state index >= 15 is 0 Å². The number of hydrogen-bond acceptors (Lipinski definition) is 0. The van der Waals surface area contributed by atoms with Crippen molar-refractivity contribution >= 4 is 5.69 Å². The SMILES string of the molecule is C[NH+](Cc1ccccc1)c1ccccc1.[I-]. The Morgan fingerprint density at radius 3 is 1.88 bits per heavy atom. The summed E-state index contributed by atoms with van der Waals surface area (Å²) in [4.78, 5) is 1.42. The monoisotopic (exact) mass is 325 g/mol. The zero-order valence-electron chi connectivity index (χ0n) is 9.36. The molecule has 84 valence electrons. The van der Waals surface area contributed by atoms with Crippen molar-refractivity contribution < 1.29 is 28.9 Å². The zero-order valence-corrected chi connectivity index (χ0v) is 11.5. The van der Waals surface area contributed by atoms with Gasteiger partial charge in [0.1, 0.15) is 12.2 Å². The average Bonchev–Trinajstić information content (AvgIpc) is 2.31. The molecule has 2 heteroatoms. The number of quaternary nitrogens is 1. The first-order valence-corrected chi connectivity index (χ1v) is 5.28. The van der Waals surface area contributed by atoms with E-state index in [1.54, 1.807) is 0 Å². The molecule has 0 amide bonds. The first kappa shape index (κ1) is 13.2. The second-order valence-electron chi connectivity index (χ2n) is 3.81. The Labute approximate surface area is 114 Å². The van der Waals surface area contributed by atoms with Crippen molar-refractivity contribution in [2.45, 2.75) is 6.54 Å². The molecule has 0 saturated carbocycles. The summed E-state index contributed by atoms with van der Waals surface area (Å²) in [6.45, 7) is 1.03. The van der Waals surface area contributed by atoms with Crippen molar-refractivity contribution in [3.8, 4) is 0 Å². The quantitative estimate of drug-likeness (QED) is 0.694. The van der Waals surface area contributed by atoms with E-state index in [9.17, 15) is 0 Å². The maximum absolute atomic E-state index is 2.20. The summed E-state index contributed by atoms with van der Waals surface area (Å²) in [6.07, 6.45) is 0. The molecule has 0 spiro atoms. The largest absolute Gasteiger partial charge is 1.00 e. The number of rotatable bonds is 3. The number of halogens is 1. The molecular weight excluding hydrogens is 309 g/mol. The fraction of sp³-hybridized carbons (Fsp3) is 0.143. The van der Waals surface area contributed by atoms with Gasteiger partial charge in [0, 0.05) is 5.56 Å². The third-order valence-electron chi connectivity index (χ3n) is 2.58. The molecule has 0 saturated heterocycles. The molecule has 2 aromatic rings. The van der Waals surface area contributed by atoms with Crippen LogP contribution in [0.1, 0.15) is 5.56 Å². The Balaban J connectivity index is 0.00000128. The number of nitrogens with one attached hydrogen (secondary N) is 1. The summed E-state index contributed by atoms with van der Waals surface area (Å²) in [6, 6.07) is 21.1. The maximum atomic E-state index is 2.20. The third-order valence-corrected chi connectivity index (χ3v) is 2.58. The van der Waals surface area contributed by atoms with Crippen LogP contribution in [0.25, 0.3) is 0 Å². The van der Waals surface area contributed by atoms with E-state index < -0.39 is 0 Å². The van der Waals surface area contributed by atoms with Gasteiger partial charge in [0.2, 0.25) is 0 Å². The lowest BCUT2D eigenvalue weighted by Crippen LogP contribution is -3.02. The molecule has 16 heavy (non-hydrogen) atoms. The smallest absolute Gasteiger partial charge is 0.131 e. The molecule has 1 nitrogen and oxygen atoms in total.